The van der Waals surface area contributed by atoms with Crippen molar-refractivity contribution in [3.8, 4) is 0 Å². The summed E-state index contributed by atoms with van der Waals surface area (Å²) in [6.45, 7) is 2.94. The molecule has 2 nitrogen and oxygen atoms in total. The topological polar surface area (TPSA) is 38.0 Å². The van der Waals surface area contributed by atoms with Gasteiger partial charge in [0, 0.05) is 10.9 Å². The number of thiophene rings is 1. The van der Waals surface area contributed by atoms with Gasteiger partial charge in [-0.25, -0.2) is 0 Å². The van der Waals surface area contributed by atoms with Crippen LogP contribution in [0, 0.1) is 5.92 Å². The average Bonchev–Trinajstić information content (AvgIpc) is 2.60. The van der Waals surface area contributed by atoms with E-state index in [1.54, 1.807) is 11.3 Å². The lowest BCUT2D eigenvalue weighted by molar-refractivity contribution is 0.442. The summed E-state index contributed by atoms with van der Waals surface area (Å²) in [6.07, 6.45) is 1.10. The molecule has 0 aromatic carbocycles. The van der Waals surface area contributed by atoms with E-state index in [0.717, 1.165) is 13.0 Å². The molecule has 0 amide bonds. The second kappa shape index (κ2) is 5.85. The molecule has 80 valence electrons. The molecule has 3 N–H and O–H groups in total. The Morgan fingerprint density at radius 3 is 2.71 bits per heavy atom. The monoisotopic (exact) mass is 276 g/mol. The largest absolute Gasteiger partial charge is 0.330 e. The van der Waals surface area contributed by atoms with Crippen LogP contribution in [0.25, 0.3) is 0 Å². The van der Waals surface area contributed by atoms with Gasteiger partial charge in [-0.3, -0.25) is 0 Å². The Balaban J connectivity index is 2.62. The van der Waals surface area contributed by atoms with Crippen molar-refractivity contribution in [3.05, 3.63) is 20.8 Å². The fraction of sp³-hybridized carbons (Fsp3) is 0.600. The summed E-state index contributed by atoms with van der Waals surface area (Å²) in [6, 6.07) is 4.70. The molecule has 2 atom stereocenters. The van der Waals surface area contributed by atoms with Crippen LogP contribution < -0.4 is 11.1 Å². The van der Waals surface area contributed by atoms with Crippen LogP contribution in [0.4, 0.5) is 0 Å². The quantitative estimate of drug-likeness (QED) is 0.868. The van der Waals surface area contributed by atoms with E-state index < -0.39 is 0 Å². The lowest BCUT2D eigenvalue weighted by atomic mass is 10.0. The molecule has 14 heavy (non-hydrogen) atoms. The molecule has 0 saturated heterocycles. The Bertz CT molecular complexity index is 275. The summed E-state index contributed by atoms with van der Waals surface area (Å²) in [5, 5.41) is 3.33. The second-order valence-electron chi connectivity index (χ2n) is 3.56. The summed E-state index contributed by atoms with van der Waals surface area (Å²) in [5.74, 6) is 0.563. The molecule has 0 aliphatic carbocycles. The van der Waals surface area contributed by atoms with E-state index in [4.69, 9.17) is 5.73 Å². The van der Waals surface area contributed by atoms with Gasteiger partial charge in [-0.15, -0.1) is 11.3 Å². The maximum atomic E-state index is 5.62. The first-order valence-corrected chi connectivity index (χ1v) is 6.41. The average molecular weight is 277 g/mol. The van der Waals surface area contributed by atoms with Crippen molar-refractivity contribution in [3.63, 3.8) is 0 Å². The van der Waals surface area contributed by atoms with Gasteiger partial charge in [0.05, 0.1) is 3.79 Å². The van der Waals surface area contributed by atoms with Gasteiger partial charge in [-0.1, -0.05) is 6.92 Å². The van der Waals surface area contributed by atoms with E-state index in [1.807, 2.05) is 7.05 Å². The van der Waals surface area contributed by atoms with Crippen LogP contribution in [-0.4, -0.2) is 13.6 Å². The van der Waals surface area contributed by atoms with E-state index in [1.165, 1.54) is 8.66 Å². The van der Waals surface area contributed by atoms with Gasteiger partial charge >= 0.3 is 0 Å². The zero-order valence-electron chi connectivity index (χ0n) is 8.59. The molecule has 1 rings (SSSR count). The van der Waals surface area contributed by atoms with Crippen LogP contribution in [-0.2, 0) is 0 Å². The summed E-state index contributed by atoms with van der Waals surface area (Å²) < 4.78 is 1.19. The Kier molecular flexibility index (Phi) is 5.09. The Morgan fingerprint density at radius 2 is 2.29 bits per heavy atom. The third kappa shape index (κ3) is 3.35. The molecule has 0 saturated carbocycles. The number of hydrogen-bond donors (Lipinski definition) is 2. The zero-order chi connectivity index (χ0) is 10.6. The van der Waals surface area contributed by atoms with Gasteiger partial charge in [0.1, 0.15) is 0 Å². The van der Waals surface area contributed by atoms with Crippen molar-refractivity contribution in [2.24, 2.45) is 11.7 Å². The molecule has 1 aromatic heterocycles. The van der Waals surface area contributed by atoms with Crippen LogP contribution in [0.3, 0.4) is 0 Å². The molecule has 1 aromatic rings. The van der Waals surface area contributed by atoms with E-state index in [2.05, 4.69) is 40.3 Å². The highest BCUT2D eigenvalue weighted by atomic mass is 79.9. The summed E-state index contributed by atoms with van der Waals surface area (Å²) in [7, 11) is 2.00. The first kappa shape index (κ1) is 12.2. The molecule has 1 heterocycles. The van der Waals surface area contributed by atoms with Crippen molar-refractivity contribution in [2.45, 2.75) is 19.4 Å². The third-order valence-corrected chi connectivity index (χ3v) is 4.06. The number of rotatable bonds is 5. The van der Waals surface area contributed by atoms with Crippen LogP contribution in [0.15, 0.2) is 15.9 Å². The van der Waals surface area contributed by atoms with Crippen LogP contribution in [0.5, 0.6) is 0 Å². The summed E-state index contributed by atoms with van der Waals surface area (Å²) >= 11 is 5.27. The van der Waals surface area contributed by atoms with Crippen molar-refractivity contribution in [2.75, 3.05) is 13.6 Å². The van der Waals surface area contributed by atoms with Crippen molar-refractivity contribution in [1.82, 2.24) is 5.32 Å². The molecule has 2 unspecified atom stereocenters. The Labute approximate surface area is 98.0 Å². The first-order chi connectivity index (χ1) is 6.67. The molecule has 4 heteroatoms. The van der Waals surface area contributed by atoms with Crippen molar-refractivity contribution in [1.29, 1.82) is 0 Å². The van der Waals surface area contributed by atoms with E-state index in [0.29, 0.717) is 12.0 Å². The molecule has 0 fully saturated rings. The van der Waals surface area contributed by atoms with Gasteiger partial charge in [-0.2, -0.15) is 0 Å². The molecule has 0 aliphatic heterocycles. The number of nitrogens with two attached hydrogens (primary N) is 1. The zero-order valence-corrected chi connectivity index (χ0v) is 11.0. The first-order valence-electron chi connectivity index (χ1n) is 4.80. The fourth-order valence-corrected chi connectivity index (χ4v) is 2.94. The highest BCUT2D eigenvalue weighted by molar-refractivity contribution is 9.11. The van der Waals surface area contributed by atoms with E-state index >= 15 is 0 Å². The number of hydrogen-bond acceptors (Lipinski definition) is 3. The Morgan fingerprint density at radius 1 is 1.57 bits per heavy atom. The predicted molar refractivity (Wildman–Crippen MR) is 66.7 cm³/mol. The normalized spacial score (nSPS) is 15.4. The molecular formula is C10H17BrN2S. The molecule has 0 spiro atoms. The standard InChI is InChI=1S/C10H17BrN2S/c1-7(6-12)5-8(13-2)9-3-4-10(11)14-9/h3-4,7-8,13H,5-6,12H2,1-2H3. The van der Waals surface area contributed by atoms with Crippen molar-refractivity contribution < 1.29 is 0 Å². The van der Waals surface area contributed by atoms with Gasteiger partial charge in [0.15, 0.2) is 0 Å². The minimum Gasteiger partial charge on any atom is -0.330 e. The molecular weight excluding hydrogens is 260 g/mol. The van der Waals surface area contributed by atoms with Crippen LogP contribution in [0.1, 0.15) is 24.3 Å². The summed E-state index contributed by atoms with van der Waals surface area (Å²) in [4.78, 5) is 1.37. The lowest BCUT2D eigenvalue weighted by Crippen LogP contribution is -2.21. The molecule has 0 radical (unpaired) electrons. The van der Waals surface area contributed by atoms with Gasteiger partial charge in [-0.05, 0) is 54.0 Å². The molecule has 0 bridgehead atoms. The highest BCUT2D eigenvalue weighted by Gasteiger charge is 2.14. The van der Waals surface area contributed by atoms with Gasteiger partial charge in [0.25, 0.3) is 0 Å². The minimum absolute atomic E-state index is 0.435. The van der Waals surface area contributed by atoms with Crippen LogP contribution >= 0.6 is 27.3 Å². The van der Waals surface area contributed by atoms with Crippen molar-refractivity contribution >= 4 is 27.3 Å². The predicted octanol–water partition coefficient (Wildman–Crippen LogP) is 2.76. The van der Waals surface area contributed by atoms with E-state index in [9.17, 15) is 0 Å². The Hall–Kier alpha value is 0.1000. The minimum atomic E-state index is 0.435. The number of halogens is 1. The van der Waals surface area contributed by atoms with Crippen LogP contribution in [0.2, 0.25) is 0 Å². The fourth-order valence-electron chi connectivity index (χ4n) is 1.39. The number of nitrogens with one attached hydrogen (secondary N) is 1. The SMILES string of the molecule is CNC(CC(C)CN)c1ccc(Br)s1. The smallest absolute Gasteiger partial charge is 0.0701 e. The molecule has 0 aliphatic rings. The maximum Gasteiger partial charge on any atom is 0.0701 e. The summed E-state index contributed by atoms with van der Waals surface area (Å²) in [5.41, 5.74) is 5.62. The second-order valence-corrected chi connectivity index (χ2v) is 6.05. The lowest BCUT2D eigenvalue weighted by Gasteiger charge is -2.18. The van der Waals surface area contributed by atoms with Gasteiger partial charge < -0.3 is 11.1 Å². The third-order valence-electron chi connectivity index (χ3n) is 2.33. The van der Waals surface area contributed by atoms with E-state index in [-0.39, 0.29) is 0 Å². The highest BCUT2D eigenvalue weighted by Crippen LogP contribution is 2.30. The maximum absolute atomic E-state index is 5.62. The van der Waals surface area contributed by atoms with Gasteiger partial charge in [0.2, 0.25) is 0 Å².